The number of benzene rings is 2. The smallest absolute Gasteiger partial charge is 0.0713 e. The van der Waals surface area contributed by atoms with E-state index in [1.807, 2.05) is 0 Å². The fraction of sp³-hybridized carbons (Fsp3) is 0.294. The fourth-order valence-corrected chi connectivity index (χ4v) is 2.21. The molecule has 3 heteroatoms. The van der Waals surface area contributed by atoms with Gasteiger partial charge in [-0.1, -0.05) is 36.4 Å². The van der Waals surface area contributed by atoms with E-state index in [-0.39, 0.29) is 0 Å². The molecule has 0 unspecified atom stereocenters. The van der Waals surface area contributed by atoms with Gasteiger partial charge in [0.2, 0.25) is 0 Å². The van der Waals surface area contributed by atoms with Crippen molar-refractivity contribution < 1.29 is 4.74 Å². The maximum absolute atomic E-state index is 5.17. The first-order valence-corrected chi connectivity index (χ1v) is 6.77. The van der Waals surface area contributed by atoms with Crippen LogP contribution in [0, 0.1) is 0 Å². The van der Waals surface area contributed by atoms with E-state index in [2.05, 4.69) is 72.8 Å². The Hall–Kier alpha value is -2.00. The van der Waals surface area contributed by atoms with E-state index >= 15 is 0 Å². The molecule has 3 nitrogen and oxygen atoms in total. The van der Waals surface area contributed by atoms with Crippen LogP contribution < -0.4 is 10.2 Å². The minimum Gasteiger partial charge on any atom is -0.380 e. The molecule has 0 aliphatic rings. The molecule has 0 aliphatic carbocycles. The second-order valence-corrected chi connectivity index (χ2v) is 5.02. The van der Waals surface area contributed by atoms with Crippen molar-refractivity contribution in [2.24, 2.45) is 0 Å². The van der Waals surface area contributed by atoms with Crippen molar-refractivity contribution >= 4 is 11.4 Å². The van der Waals surface area contributed by atoms with E-state index in [9.17, 15) is 0 Å². The lowest BCUT2D eigenvalue weighted by atomic mass is 10.1. The van der Waals surface area contributed by atoms with E-state index in [1.165, 1.54) is 16.8 Å². The van der Waals surface area contributed by atoms with Gasteiger partial charge in [-0.3, -0.25) is 0 Å². The minimum atomic E-state index is 0.655. The van der Waals surface area contributed by atoms with Crippen LogP contribution in [-0.4, -0.2) is 21.2 Å². The van der Waals surface area contributed by atoms with Gasteiger partial charge in [0.1, 0.15) is 0 Å². The summed E-state index contributed by atoms with van der Waals surface area (Å²) >= 11 is 0. The molecule has 2 aromatic rings. The maximum Gasteiger partial charge on any atom is 0.0713 e. The molecule has 0 bridgehead atoms. The first-order chi connectivity index (χ1) is 9.70. The summed E-state index contributed by atoms with van der Waals surface area (Å²) < 4.78 is 5.17. The highest BCUT2D eigenvalue weighted by atomic mass is 16.5. The fourth-order valence-electron chi connectivity index (χ4n) is 2.21. The second-order valence-electron chi connectivity index (χ2n) is 5.02. The van der Waals surface area contributed by atoms with Crippen molar-refractivity contribution in [2.75, 3.05) is 31.4 Å². The lowest BCUT2D eigenvalue weighted by Gasteiger charge is -2.18. The van der Waals surface area contributed by atoms with E-state index in [0.717, 1.165) is 12.2 Å². The van der Waals surface area contributed by atoms with Gasteiger partial charge in [0, 0.05) is 27.7 Å². The average molecular weight is 270 g/mol. The summed E-state index contributed by atoms with van der Waals surface area (Å²) in [6.07, 6.45) is 0. The Morgan fingerprint density at radius 2 is 1.75 bits per heavy atom. The van der Waals surface area contributed by atoms with Gasteiger partial charge in [-0.25, -0.2) is 0 Å². The number of rotatable bonds is 6. The van der Waals surface area contributed by atoms with Crippen molar-refractivity contribution in [3.63, 3.8) is 0 Å². The molecule has 0 radical (unpaired) electrons. The summed E-state index contributed by atoms with van der Waals surface area (Å²) in [5, 5.41) is 3.50. The number of hydrogen-bond donors (Lipinski definition) is 1. The Kier molecular flexibility index (Phi) is 5.02. The Morgan fingerprint density at radius 1 is 1.00 bits per heavy atom. The summed E-state index contributed by atoms with van der Waals surface area (Å²) in [4.78, 5) is 2.11. The van der Waals surface area contributed by atoms with Crippen molar-refractivity contribution in [2.45, 2.75) is 13.2 Å². The van der Waals surface area contributed by atoms with Crippen molar-refractivity contribution in [1.29, 1.82) is 0 Å². The second kappa shape index (κ2) is 6.96. The molecular weight excluding hydrogens is 248 g/mol. The van der Waals surface area contributed by atoms with Crippen LogP contribution in [0.2, 0.25) is 0 Å². The van der Waals surface area contributed by atoms with Crippen LogP contribution >= 0.6 is 0 Å². The Labute approximate surface area is 121 Å². The maximum atomic E-state index is 5.17. The standard InChI is InChI=1S/C17H22N2O/c1-19(2)17-10-5-4-9-16(17)18-12-14-7-6-8-15(11-14)13-20-3/h4-11,18H,12-13H2,1-3H3. The Morgan fingerprint density at radius 3 is 2.50 bits per heavy atom. The quantitative estimate of drug-likeness (QED) is 0.869. The van der Waals surface area contributed by atoms with Gasteiger partial charge in [-0.05, 0) is 23.3 Å². The van der Waals surface area contributed by atoms with Crippen LogP contribution in [0.25, 0.3) is 0 Å². The van der Waals surface area contributed by atoms with Gasteiger partial charge >= 0.3 is 0 Å². The number of methoxy groups -OCH3 is 1. The number of para-hydroxylation sites is 2. The largest absolute Gasteiger partial charge is 0.380 e. The molecular formula is C17H22N2O. The highest BCUT2D eigenvalue weighted by Gasteiger charge is 2.03. The molecule has 0 aromatic heterocycles. The number of hydrogen-bond acceptors (Lipinski definition) is 3. The zero-order valence-corrected chi connectivity index (χ0v) is 12.4. The van der Waals surface area contributed by atoms with Crippen molar-refractivity contribution in [1.82, 2.24) is 0 Å². The molecule has 0 heterocycles. The molecule has 2 rings (SSSR count). The lowest BCUT2D eigenvalue weighted by molar-refractivity contribution is 0.185. The zero-order chi connectivity index (χ0) is 14.4. The van der Waals surface area contributed by atoms with Gasteiger partial charge in [-0.15, -0.1) is 0 Å². The van der Waals surface area contributed by atoms with Crippen LogP contribution in [0.15, 0.2) is 48.5 Å². The molecule has 0 saturated carbocycles. The van der Waals surface area contributed by atoms with E-state index in [1.54, 1.807) is 7.11 Å². The van der Waals surface area contributed by atoms with Gasteiger partial charge < -0.3 is 15.0 Å². The predicted molar refractivity (Wildman–Crippen MR) is 85.3 cm³/mol. The first kappa shape index (κ1) is 14.4. The summed E-state index contributed by atoms with van der Waals surface area (Å²) in [6.45, 7) is 1.46. The molecule has 2 aromatic carbocycles. The van der Waals surface area contributed by atoms with E-state index in [4.69, 9.17) is 4.74 Å². The number of nitrogens with zero attached hydrogens (tertiary/aromatic N) is 1. The third-order valence-corrected chi connectivity index (χ3v) is 3.17. The molecule has 0 aliphatic heterocycles. The Balaban J connectivity index is 2.07. The molecule has 20 heavy (non-hydrogen) atoms. The van der Waals surface area contributed by atoms with Crippen LogP contribution in [0.5, 0.6) is 0 Å². The first-order valence-electron chi connectivity index (χ1n) is 6.77. The summed E-state index contributed by atoms with van der Waals surface area (Å²) in [6, 6.07) is 16.8. The minimum absolute atomic E-state index is 0.655. The predicted octanol–water partition coefficient (Wildman–Crippen LogP) is 3.51. The molecule has 0 atom stereocenters. The number of nitrogens with one attached hydrogen (secondary N) is 1. The van der Waals surface area contributed by atoms with E-state index < -0.39 is 0 Å². The SMILES string of the molecule is COCc1cccc(CNc2ccccc2N(C)C)c1. The summed E-state index contributed by atoms with van der Waals surface area (Å²) in [5.41, 5.74) is 4.80. The molecule has 0 saturated heterocycles. The highest BCUT2D eigenvalue weighted by Crippen LogP contribution is 2.24. The average Bonchev–Trinajstić information content (AvgIpc) is 2.46. The van der Waals surface area contributed by atoms with Crippen LogP contribution in [0.4, 0.5) is 11.4 Å². The molecule has 0 amide bonds. The highest BCUT2D eigenvalue weighted by molar-refractivity contribution is 5.69. The van der Waals surface area contributed by atoms with Gasteiger partial charge in [0.05, 0.1) is 18.0 Å². The van der Waals surface area contributed by atoms with Crippen LogP contribution in [0.3, 0.4) is 0 Å². The molecule has 0 fully saturated rings. The van der Waals surface area contributed by atoms with Gasteiger partial charge in [-0.2, -0.15) is 0 Å². The van der Waals surface area contributed by atoms with Crippen molar-refractivity contribution in [3.05, 3.63) is 59.7 Å². The third-order valence-electron chi connectivity index (χ3n) is 3.17. The van der Waals surface area contributed by atoms with Crippen molar-refractivity contribution in [3.8, 4) is 0 Å². The number of ether oxygens (including phenoxy) is 1. The number of anilines is 2. The van der Waals surface area contributed by atoms with Gasteiger partial charge in [0.15, 0.2) is 0 Å². The molecule has 0 spiro atoms. The molecule has 106 valence electrons. The van der Waals surface area contributed by atoms with Crippen LogP contribution in [-0.2, 0) is 17.9 Å². The topological polar surface area (TPSA) is 24.5 Å². The summed E-state index contributed by atoms with van der Waals surface area (Å²) in [5.74, 6) is 0. The van der Waals surface area contributed by atoms with E-state index in [0.29, 0.717) is 6.61 Å². The summed E-state index contributed by atoms with van der Waals surface area (Å²) in [7, 11) is 5.83. The normalized spacial score (nSPS) is 10.3. The zero-order valence-electron chi connectivity index (χ0n) is 12.4. The monoisotopic (exact) mass is 270 g/mol. The van der Waals surface area contributed by atoms with Crippen LogP contribution in [0.1, 0.15) is 11.1 Å². The lowest BCUT2D eigenvalue weighted by Crippen LogP contribution is -2.12. The third kappa shape index (κ3) is 3.75. The van der Waals surface area contributed by atoms with Gasteiger partial charge in [0.25, 0.3) is 0 Å². The molecule has 1 N–H and O–H groups in total. The Bertz CT molecular complexity index is 552.